The van der Waals surface area contributed by atoms with E-state index in [0.717, 1.165) is 36.5 Å². The smallest absolute Gasteiger partial charge is 0.378 e. The average Bonchev–Trinajstić information content (AvgIpc) is 3.21. The number of aryl methyl sites for hydroxylation is 1. The van der Waals surface area contributed by atoms with Gasteiger partial charge in [0, 0.05) is 48.9 Å². The van der Waals surface area contributed by atoms with Crippen molar-refractivity contribution in [2.24, 2.45) is 5.73 Å². The van der Waals surface area contributed by atoms with E-state index in [2.05, 4.69) is 21.8 Å². The number of halogens is 4. The Balaban J connectivity index is 1.50. The SMILES string of the molecule is CC1CCc2ncnc(N3CCN(C(O)C(CCCC(C)(C)N)c4ccc(C(F)(F)F)c(F)c4)CC3)c21. The predicted molar refractivity (Wildman–Crippen MR) is 135 cm³/mol. The van der Waals surface area contributed by atoms with Crippen LogP contribution in [0.4, 0.5) is 23.4 Å². The van der Waals surface area contributed by atoms with Crippen LogP contribution in [0.5, 0.6) is 0 Å². The monoisotopic (exact) mass is 523 g/mol. The molecule has 0 saturated carbocycles. The van der Waals surface area contributed by atoms with Gasteiger partial charge >= 0.3 is 6.18 Å². The molecule has 0 spiro atoms. The Labute approximate surface area is 215 Å². The van der Waals surface area contributed by atoms with E-state index < -0.39 is 35.2 Å². The molecule has 6 nitrogen and oxygen atoms in total. The minimum atomic E-state index is -4.77. The molecule has 0 radical (unpaired) electrons. The molecule has 3 N–H and O–H groups in total. The van der Waals surface area contributed by atoms with Gasteiger partial charge in [0.1, 0.15) is 24.2 Å². The van der Waals surface area contributed by atoms with Crippen LogP contribution >= 0.6 is 0 Å². The highest BCUT2D eigenvalue weighted by atomic mass is 19.4. The van der Waals surface area contributed by atoms with Gasteiger partial charge in [-0.15, -0.1) is 0 Å². The summed E-state index contributed by atoms with van der Waals surface area (Å²) in [6.45, 7) is 8.40. The molecule has 0 bridgehead atoms. The van der Waals surface area contributed by atoms with Crippen molar-refractivity contribution in [3.63, 3.8) is 0 Å². The molecule has 2 aromatic rings. The topological polar surface area (TPSA) is 78.5 Å². The maximum absolute atomic E-state index is 14.4. The third-order valence-corrected chi connectivity index (χ3v) is 7.66. The number of aliphatic hydroxyl groups is 1. The quantitative estimate of drug-likeness (QED) is 0.484. The predicted octanol–water partition coefficient (Wildman–Crippen LogP) is 4.82. The number of alkyl halides is 3. The number of nitrogens with zero attached hydrogens (tertiary/aromatic N) is 4. The largest absolute Gasteiger partial charge is 0.419 e. The number of nitrogens with two attached hydrogens (primary N) is 1. The molecule has 2 heterocycles. The van der Waals surface area contributed by atoms with E-state index in [4.69, 9.17) is 5.73 Å². The van der Waals surface area contributed by atoms with Gasteiger partial charge in [-0.2, -0.15) is 13.2 Å². The Morgan fingerprint density at radius 3 is 2.46 bits per heavy atom. The van der Waals surface area contributed by atoms with Gasteiger partial charge < -0.3 is 15.7 Å². The summed E-state index contributed by atoms with van der Waals surface area (Å²) in [6.07, 6.45) is -0.307. The highest BCUT2D eigenvalue weighted by molar-refractivity contribution is 5.52. The molecule has 1 aromatic carbocycles. The molecule has 3 atom stereocenters. The van der Waals surface area contributed by atoms with E-state index >= 15 is 0 Å². The van der Waals surface area contributed by atoms with E-state index in [1.807, 2.05) is 18.7 Å². The third-order valence-electron chi connectivity index (χ3n) is 7.66. The summed E-state index contributed by atoms with van der Waals surface area (Å²) in [6, 6.07) is 2.98. The number of benzene rings is 1. The fourth-order valence-corrected chi connectivity index (χ4v) is 5.59. The molecule has 1 fully saturated rings. The molecule has 1 aromatic heterocycles. The van der Waals surface area contributed by atoms with E-state index in [9.17, 15) is 22.7 Å². The van der Waals surface area contributed by atoms with Gasteiger partial charge in [0.2, 0.25) is 0 Å². The zero-order chi connectivity index (χ0) is 27.0. The first-order valence-electron chi connectivity index (χ1n) is 13.0. The number of hydrogen-bond acceptors (Lipinski definition) is 6. The molecule has 4 rings (SSSR count). The minimum absolute atomic E-state index is 0.359. The van der Waals surface area contributed by atoms with Crippen molar-refractivity contribution in [2.45, 2.75) is 82.7 Å². The summed E-state index contributed by atoms with van der Waals surface area (Å²) in [5.41, 5.74) is 7.07. The van der Waals surface area contributed by atoms with E-state index in [1.165, 1.54) is 11.6 Å². The van der Waals surface area contributed by atoms with Gasteiger partial charge in [0.05, 0.1) is 5.56 Å². The van der Waals surface area contributed by atoms with Crippen molar-refractivity contribution in [3.05, 3.63) is 52.7 Å². The minimum Gasteiger partial charge on any atom is -0.378 e. The highest BCUT2D eigenvalue weighted by Gasteiger charge is 2.36. The lowest BCUT2D eigenvalue weighted by Gasteiger charge is -2.41. The van der Waals surface area contributed by atoms with Crippen molar-refractivity contribution < 1.29 is 22.7 Å². The molecule has 204 valence electrons. The Hall–Kier alpha value is -2.30. The van der Waals surface area contributed by atoms with Crippen molar-refractivity contribution in [1.82, 2.24) is 14.9 Å². The maximum atomic E-state index is 14.4. The second-order valence-electron chi connectivity index (χ2n) is 11.2. The van der Waals surface area contributed by atoms with Gasteiger partial charge in [-0.1, -0.05) is 19.4 Å². The number of fused-ring (bicyclic) bond motifs is 1. The molecule has 1 aliphatic heterocycles. The Morgan fingerprint density at radius 2 is 1.84 bits per heavy atom. The van der Waals surface area contributed by atoms with Crippen LogP contribution in [0.15, 0.2) is 24.5 Å². The van der Waals surface area contributed by atoms with Crippen LogP contribution in [0.2, 0.25) is 0 Å². The molecule has 10 heteroatoms. The second-order valence-corrected chi connectivity index (χ2v) is 11.2. The van der Waals surface area contributed by atoms with Crippen LogP contribution in [0.3, 0.4) is 0 Å². The maximum Gasteiger partial charge on any atom is 0.419 e. The Kier molecular flexibility index (Phi) is 8.11. The average molecular weight is 524 g/mol. The van der Waals surface area contributed by atoms with Crippen molar-refractivity contribution in [1.29, 1.82) is 0 Å². The van der Waals surface area contributed by atoms with Crippen molar-refractivity contribution in [2.75, 3.05) is 31.1 Å². The first-order chi connectivity index (χ1) is 17.3. The second kappa shape index (κ2) is 10.8. The van der Waals surface area contributed by atoms with Crippen LogP contribution < -0.4 is 10.6 Å². The standard InChI is InChI=1S/C27H37F4N5O/c1-17-6-9-22-23(17)24(34-16-33-22)35-11-13-36(14-12-35)25(37)19(5-4-10-26(2,3)32)18-7-8-20(21(28)15-18)27(29,30)31/h7-8,15-17,19,25,37H,4-6,9-14,32H2,1-3H3. The van der Waals surface area contributed by atoms with Crippen molar-refractivity contribution >= 4 is 5.82 Å². The lowest BCUT2D eigenvalue weighted by Crippen LogP contribution is -2.52. The third kappa shape index (κ3) is 6.41. The normalized spacial score (nSPS) is 20.7. The first kappa shape index (κ1) is 27.7. The number of hydrogen-bond donors (Lipinski definition) is 2. The van der Waals surface area contributed by atoms with Gasteiger partial charge in [0.15, 0.2) is 0 Å². The van der Waals surface area contributed by atoms with Gasteiger partial charge in [0.25, 0.3) is 0 Å². The number of aliphatic hydroxyl groups excluding tert-OH is 1. The van der Waals surface area contributed by atoms with Crippen LogP contribution in [0.1, 0.15) is 80.7 Å². The number of anilines is 1. The van der Waals surface area contributed by atoms with Gasteiger partial charge in [-0.05, 0) is 63.1 Å². The fraction of sp³-hybridized carbons (Fsp3) is 0.630. The zero-order valence-corrected chi connectivity index (χ0v) is 21.7. The fourth-order valence-electron chi connectivity index (χ4n) is 5.59. The van der Waals surface area contributed by atoms with Crippen LogP contribution in [0.25, 0.3) is 0 Å². The van der Waals surface area contributed by atoms with E-state index in [0.29, 0.717) is 56.9 Å². The van der Waals surface area contributed by atoms with Crippen LogP contribution in [0, 0.1) is 5.82 Å². The molecule has 0 amide bonds. The van der Waals surface area contributed by atoms with E-state index in [1.54, 1.807) is 6.33 Å². The van der Waals surface area contributed by atoms with Crippen molar-refractivity contribution in [3.8, 4) is 0 Å². The molecular weight excluding hydrogens is 486 g/mol. The molecule has 2 aliphatic rings. The summed E-state index contributed by atoms with van der Waals surface area (Å²) in [5.74, 6) is -0.511. The Morgan fingerprint density at radius 1 is 1.14 bits per heavy atom. The number of aromatic nitrogens is 2. The van der Waals surface area contributed by atoms with Gasteiger partial charge in [-0.25, -0.2) is 14.4 Å². The molecule has 1 saturated heterocycles. The molecule has 37 heavy (non-hydrogen) atoms. The molecular formula is C27H37F4N5O. The zero-order valence-electron chi connectivity index (χ0n) is 21.7. The summed E-state index contributed by atoms with van der Waals surface area (Å²) in [4.78, 5) is 13.2. The summed E-state index contributed by atoms with van der Waals surface area (Å²) in [7, 11) is 0. The van der Waals surface area contributed by atoms with Gasteiger partial charge in [-0.3, -0.25) is 4.90 Å². The molecule has 1 aliphatic carbocycles. The summed E-state index contributed by atoms with van der Waals surface area (Å²) >= 11 is 0. The lowest BCUT2D eigenvalue weighted by molar-refractivity contribution is -0.140. The number of rotatable bonds is 8. The highest BCUT2D eigenvalue weighted by Crippen LogP contribution is 2.38. The number of piperazine rings is 1. The Bertz CT molecular complexity index is 1080. The molecule has 3 unspecified atom stereocenters. The summed E-state index contributed by atoms with van der Waals surface area (Å²) < 4.78 is 53.8. The lowest BCUT2D eigenvalue weighted by atomic mass is 9.87. The first-order valence-corrected chi connectivity index (χ1v) is 13.0. The summed E-state index contributed by atoms with van der Waals surface area (Å²) in [5, 5.41) is 11.4. The van der Waals surface area contributed by atoms with Crippen LogP contribution in [-0.2, 0) is 12.6 Å². The van der Waals surface area contributed by atoms with Crippen LogP contribution in [-0.4, -0.2) is 57.9 Å². The van der Waals surface area contributed by atoms with E-state index in [-0.39, 0.29) is 0 Å².